The van der Waals surface area contributed by atoms with Gasteiger partial charge in [0.15, 0.2) is 45.4 Å². The van der Waals surface area contributed by atoms with Gasteiger partial charge in [-0.25, -0.2) is 0 Å². The van der Waals surface area contributed by atoms with E-state index in [1.54, 1.807) is 28.4 Å². The molecule has 3 aliphatic heterocycles. The normalized spacial score (nSPS) is 12.6. The minimum atomic E-state index is -0.277. The van der Waals surface area contributed by atoms with Gasteiger partial charge in [0.2, 0.25) is 0 Å². The summed E-state index contributed by atoms with van der Waals surface area (Å²) in [6.45, 7) is 0. The fourth-order valence-electron chi connectivity index (χ4n) is 12.6. The number of nitrogens with zero attached hydrogens (tertiary/aromatic N) is 3. The van der Waals surface area contributed by atoms with E-state index in [9.17, 15) is 0 Å². The number of rotatable bonds is 9. The lowest BCUT2D eigenvalue weighted by molar-refractivity contribution is 0.410. The summed E-state index contributed by atoms with van der Waals surface area (Å²) in [5.74, 6) is 6.05. The van der Waals surface area contributed by atoms with Crippen LogP contribution in [-0.2, 0) is 0 Å². The number of anilines is 9. The van der Waals surface area contributed by atoms with E-state index in [1.165, 1.54) is 0 Å². The lowest BCUT2D eigenvalue weighted by atomic mass is 10.0. The molecule has 0 aliphatic carbocycles. The average Bonchev–Trinajstić information content (AvgIpc) is 1.57. The van der Waals surface area contributed by atoms with Gasteiger partial charge in [0.25, 0.3) is 0 Å². The zero-order valence-electron chi connectivity index (χ0n) is 48.0. The Morgan fingerprint density at radius 1 is 0.273 bits per heavy atom. The average molecular weight is 1150 g/mol. The molecule has 13 aromatic carbocycles. The first kappa shape index (κ1) is 51.8. The Kier molecular flexibility index (Phi) is 12.1. The van der Waals surface area contributed by atoms with Gasteiger partial charge in [0.05, 0.1) is 79.3 Å². The van der Waals surface area contributed by atoms with Crippen molar-refractivity contribution >= 4 is 94.3 Å². The third-order valence-electron chi connectivity index (χ3n) is 16.9. The molecule has 0 atom stereocenters. The molecule has 0 saturated heterocycles. The van der Waals surface area contributed by atoms with Crippen LogP contribution < -0.4 is 58.7 Å². The molecule has 16 rings (SSSR count). The van der Waals surface area contributed by atoms with Crippen LogP contribution in [0.3, 0.4) is 0 Å². The summed E-state index contributed by atoms with van der Waals surface area (Å²) in [4.78, 5) is 38.2. The third kappa shape index (κ3) is 8.36. The van der Waals surface area contributed by atoms with Gasteiger partial charge < -0.3 is 47.9 Å². The minimum Gasteiger partial charge on any atom is -0.497 e. The molecule has 13 aromatic rings. The quantitative estimate of drug-likeness (QED) is 0.137. The Morgan fingerprint density at radius 2 is 0.670 bits per heavy atom. The predicted octanol–water partition coefficient (Wildman–Crippen LogP) is 19.1. The first-order valence-corrected chi connectivity index (χ1v) is 28.7. The lowest BCUT2D eigenvalue weighted by Gasteiger charge is -2.36. The molecule has 0 fully saturated rings. The van der Waals surface area contributed by atoms with Crippen LogP contribution in [0.25, 0.3) is 65.3 Å². The van der Waals surface area contributed by atoms with Crippen molar-refractivity contribution in [2.75, 3.05) is 43.1 Å². The Morgan fingerprint density at radius 3 is 1.15 bits per heavy atom. The second-order valence-electron chi connectivity index (χ2n) is 21.8. The Labute approximate surface area is 504 Å². The van der Waals surface area contributed by atoms with E-state index < -0.39 is 0 Å². The van der Waals surface area contributed by atoms with Crippen molar-refractivity contribution in [1.29, 1.82) is 0 Å². The van der Waals surface area contributed by atoms with Crippen molar-refractivity contribution in [2.45, 2.75) is 0 Å². The molecule has 0 unspecified atom stereocenters. The van der Waals surface area contributed by atoms with E-state index in [4.69, 9.17) is 33.2 Å². The van der Waals surface area contributed by atoms with Crippen LogP contribution in [-0.4, -0.2) is 28.4 Å². The van der Waals surface area contributed by atoms with E-state index in [0.717, 1.165) is 44.7 Å². The highest BCUT2D eigenvalue weighted by Crippen LogP contribution is 2.58. The van der Waals surface area contributed by atoms with Gasteiger partial charge in [-0.15, -0.1) is 0 Å². The van der Waals surface area contributed by atoms with Crippen molar-refractivity contribution in [1.82, 2.24) is 0 Å². The molecule has 0 amide bonds. The standard InChI is InChI=1S/C76H51N3O9/c1-82-52-21-31-68-64(40-52)78(65-41-53(83-2)22-32-69(65)86-68)60-29-30-63(79-66-42-54(84-3)23-33-70(66)87-71-34-24-55(85-4)43-67(71)79)74-57(60)25-17-50-36-58-49(37-59(50)76(74)81)16-15-48-35-51(20-26-56(48)75(58)80)77-61-27-18-46(44-11-7-5-8-12-44)38-72(61)88-73-39-47(19-28-62(73)77)45-13-9-6-10-14-45/h5-43H,1-4H3. The third-order valence-corrected chi connectivity index (χ3v) is 16.9. The minimum absolute atomic E-state index is 0.176. The molecular formula is C76H51N3O9. The van der Waals surface area contributed by atoms with E-state index in [-0.39, 0.29) is 10.9 Å². The van der Waals surface area contributed by atoms with E-state index in [1.807, 2.05) is 175 Å². The second kappa shape index (κ2) is 20.5. The van der Waals surface area contributed by atoms with Gasteiger partial charge >= 0.3 is 0 Å². The second-order valence-corrected chi connectivity index (χ2v) is 21.8. The van der Waals surface area contributed by atoms with Crippen LogP contribution in [0.4, 0.5) is 51.2 Å². The molecule has 0 bridgehead atoms. The molecule has 12 nitrogen and oxygen atoms in total. The summed E-state index contributed by atoms with van der Waals surface area (Å²) >= 11 is 0. The molecule has 424 valence electrons. The van der Waals surface area contributed by atoms with Gasteiger partial charge in [0.1, 0.15) is 23.0 Å². The smallest absolute Gasteiger partial charge is 0.196 e. The van der Waals surface area contributed by atoms with Crippen molar-refractivity contribution < 1.29 is 33.2 Å². The van der Waals surface area contributed by atoms with Crippen LogP contribution >= 0.6 is 0 Å². The van der Waals surface area contributed by atoms with Crippen molar-refractivity contribution in [3.05, 3.63) is 257 Å². The van der Waals surface area contributed by atoms with Crippen LogP contribution in [0, 0.1) is 0 Å². The molecule has 12 heteroatoms. The van der Waals surface area contributed by atoms with E-state index in [0.29, 0.717) is 129 Å². The van der Waals surface area contributed by atoms with Gasteiger partial charge in [-0.05, 0) is 154 Å². The summed E-state index contributed by atoms with van der Waals surface area (Å²) in [6, 6.07) is 77.1. The summed E-state index contributed by atoms with van der Waals surface area (Å²) in [6.07, 6.45) is 0. The molecular weight excluding hydrogens is 1100 g/mol. The Bertz CT molecular complexity index is 5020. The number of hydrogen-bond donors (Lipinski definition) is 0. The topological polar surface area (TPSA) is 108 Å². The van der Waals surface area contributed by atoms with Crippen molar-refractivity contribution in [3.8, 4) is 79.7 Å². The maximum Gasteiger partial charge on any atom is 0.196 e. The highest BCUT2D eigenvalue weighted by atomic mass is 16.5. The number of ether oxygens (including phenoxy) is 7. The predicted molar refractivity (Wildman–Crippen MR) is 350 cm³/mol. The van der Waals surface area contributed by atoms with Gasteiger partial charge in [-0.2, -0.15) is 0 Å². The van der Waals surface area contributed by atoms with E-state index in [2.05, 4.69) is 76.5 Å². The molecule has 0 saturated carbocycles. The maximum atomic E-state index is 16.5. The fraction of sp³-hybridized carbons (Fsp3) is 0.0526. The molecule has 0 spiro atoms. The Balaban J connectivity index is 0.920. The van der Waals surface area contributed by atoms with Crippen LogP contribution in [0.5, 0.6) is 57.5 Å². The molecule has 0 aromatic heterocycles. The van der Waals surface area contributed by atoms with Crippen LogP contribution in [0.2, 0.25) is 0 Å². The van der Waals surface area contributed by atoms with Crippen LogP contribution in [0.15, 0.2) is 246 Å². The Hall–Kier alpha value is -11.8. The highest BCUT2D eigenvalue weighted by molar-refractivity contribution is 6.13. The SMILES string of the molecule is COc1ccc2c(c1)N(c1ccc(N3c4cc(OC)ccc4Oc4ccc(OC)cc43)c3c(=O)c4cc5ccc6cc(N7c8ccc(-c9ccccc9)cc8Oc8cc(-c9ccccc9)ccc87)ccc6c(=O)c5cc4ccc13)c1cc(OC)ccc1O2. The molecule has 88 heavy (non-hydrogen) atoms. The van der Waals surface area contributed by atoms with Gasteiger partial charge in [-0.1, -0.05) is 97.1 Å². The summed E-state index contributed by atoms with van der Waals surface area (Å²) < 4.78 is 43.3. The van der Waals surface area contributed by atoms with Crippen molar-refractivity contribution in [3.63, 3.8) is 0 Å². The number of methoxy groups -OCH3 is 4. The number of fused-ring (bicyclic) bond motifs is 10. The summed E-state index contributed by atoms with van der Waals surface area (Å²) in [5.41, 5.74) is 10.1. The lowest BCUT2D eigenvalue weighted by Crippen LogP contribution is -2.20. The first-order valence-electron chi connectivity index (χ1n) is 28.7. The molecule has 3 aliphatic rings. The monoisotopic (exact) mass is 1150 g/mol. The summed E-state index contributed by atoms with van der Waals surface area (Å²) in [7, 11) is 6.48. The molecule has 3 heterocycles. The zero-order chi connectivity index (χ0) is 59.3. The largest absolute Gasteiger partial charge is 0.497 e. The van der Waals surface area contributed by atoms with Gasteiger partial charge in [0, 0.05) is 51.5 Å². The van der Waals surface area contributed by atoms with Crippen LogP contribution in [0.1, 0.15) is 0 Å². The first-order chi connectivity index (χ1) is 43.2. The van der Waals surface area contributed by atoms with E-state index >= 15 is 9.59 Å². The van der Waals surface area contributed by atoms with Gasteiger partial charge in [-0.3, -0.25) is 9.59 Å². The fourth-order valence-corrected chi connectivity index (χ4v) is 12.6. The highest BCUT2D eigenvalue weighted by Gasteiger charge is 2.34. The number of benzene rings is 11. The molecule has 0 N–H and O–H groups in total. The van der Waals surface area contributed by atoms with Crippen molar-refractivity contribution in [2.24, 2.45) is 0 Å². The summed E-state index contributed by atoms with van der Waals surface area (Å²) in [5, 5.41) is 4.25. The maximum absolute atomic E-state index is 16.5. The molecule has 0 radical (unpaired) electrons. The number of hydrogen-bond acceptors (Lipinski definition) is 12. The zero-order valence-corrected chi connectivity index (χ0v) is 48.0.